The van der Waals surface area contributed by atoms with Crippen LogP contribution in [0.2, 0.25) is 0 Å². The first-order valence-electron chi connectivity index (χ1n) is 9.24. The van der Waals surface area contributed by atoms with Crippen molar-refractivity contribution in [2.45, 2.75) is 38.3 Å². The standard InChI is InChI=1S/C19H28N4O3/c1-15-4-3-5-16(20-15)12-22-11-10-21(2)19(14-22)7-6-17(24)23(9-8-19)13-18(25)26/h3-5H,6-14H2,1-2H3,(H,25,26)/t19-/m1/s1. The fraction of sp³-hybridized carbons (Fsp3) is 0.632. The van der Waals surface area contributed by atoms with E-state index in [9.17, 15) is 9.59 Å². The van der Waals surface area contributed by atoms with Gasteiger partial charge in [-0.3, -0.25) is 24.4 Å². The maximum atomic E-state index is 12.3. The molecule has 7 heteroatoms. The number of piperazine rings is 1. The van der Waals surface area contributed by atoms with Crippen molar-refractivity contribution in [3.63, 3.8) is 0 Å². The van der Waals surface area contributed by atoms with Gasteiger partial charge in [-0.1, -0.05) is 6.07 Å². The molecule has 3 rings (SSSR count). The molecule has 1 spiro atoms. The number of likely N-dealkylation sites (N-methyl/N-ethyl adjacent to an activating group) is 1. The number of nitrogens with zero attached hydrogens (tertiary/aromatic N) is 4. The van der Waals surface area contributed by atoms with E-state index in [0.717, 1.165) is 50.4 Å². The minimum Gasteiger partial charge on any atom is -0.480 e. The number of aromatic nitrogens is 1. The molecule has 1 amide bonds. The normalized spacial score (nSPS) is 25.5. The summed E-state index contributed by atoms with van der Waals surface area (Å²) in [6.07, 6.45) is 1.99. The molecule has 142 valence electrons. The fourth-order valence-electron chi connectivity index (χ4n) is 4.16. The molecule has 2 aliphatic rings. The average molecular weight is 360 g/mol. The lowest BCUT2D eigenvalue weighted by Crippen LogP contribution is -2.60. The zero-order valence-corrected chi connectivity index (χ0v) is 15.6. The Morgan fingerprint density at radius 2 is 2.08 bits per heavy atom. The van der Waals surface area contributed by atoms with Gasteiger partial charge in [0.1, 0.15) is 6.54 Å². The summed E-state index contributed by atoms with van der Waals surface area (Å²) in [5, 5.41) is 9.04. The van der Waals surface area contributed by atoms with Crippen molar-refractivity contribution in [2.24, 2.45) is 0 Å². The van der Waals surface area contributed by atoms with Crippen LogP contribution in [0.25, 0.3) is 0 Å². The Morgan fingerprint density at radius 1 is 1.27 bits per heavy atom. The maximum absolute atomic E-state index is 12.3. The minimum atomic E-state index is -0.946. The van der Waals surface area contributed by atoms with Crippen molar-refractivity contribution in [3.8, 4) is 0 Å². The van der Waals surface area contributed by atoms with Gasteiger partial charge in [0.05, 0.1) is 5.69 Å². The Kier molecular flexibility index (Phi) is 5.58. The van der Waals surface area contributed by atoms with Crippen molar-refractivity contribution in [1.82, 2.24) is 19.7 Å². The highest BCUT2D eigenvalue weighted by molar-refractivity contribution is 5.81. The lowest BCUT2D eigenvalue weighted by molar-refractivity contribution is -0.144. The van der Waals surface area contributed by atoms with Crippen LogP contribution in [0, 0.1) is 6.92 Å². The smallest absolute Gasteiger partial charge is 0.323 e. The number of carbonyl (C=O) groups excluding carboxylic acids is 1. The van der Waals surface area contributed by atoms with Gasteiger partial charge < -0.3 is 10.0 Å². The number of aliphatic carboxylic acids is 1. The van der Waals surface area contributed by atoms with Crippen LogP contribution in [0.3, 0.4) is 0 Å². The molecule has 1 N–H and O–H groups in total. The van der Waals surface area contributed by atoms with E-state index >= 15 is 0 Å². The maximum Gasteiger partial charge on any atom is 0.323 e. The summed E-state index contributed by atoms with van der Waals surface area (Å²) in [5.74, 6) is -0.992. The van der Waals surface area contributed by atoms with E-state index in [2.05, 4.69) is 27.9 Å². The number of carbonyl (C=O) groups is 2. The molecular weight excluding hydrogens is 332 g/mol. The van der Waals surface area contributed by atoms with Crippen molar-refractivity contribution in [2.75, 3.05) is 39.8 Å². The van der Waals surface area contributed by atoms with Gasteiger partial charge in [0.15, 0.2) is 0 Å². The molecule has 1 aromatic heterocycles. The van der Waals surface area contributed by atoms with Crippen LogP contribution in [-0.4, -0.2) is 82.0 Å². The number of hydrogen-bond acceptors (Lipinski definition) is 5. The van der Waals surface area contributed by atoms with Crippen LogP contribution in [0.1, 0.15) is 30.7 Å². The van der Waals surface area contributed by atoms with Gasteiger partial charge in [-0.25, -0.2) is 0 Å². The second-order valence-corrected chi connectivity index (χ2v) is 7.59. The van der Waals surface area contributed by atoms with E-state index in [1.54, 1.807) is 0 Å². The molecule has 1 atom stereocenters. The van der Waals surface area contributed by atoms with Gasteiger partial charge in [0.25, 0.3) is 0 Å². The summed E-state index contributed by atoms with van der Waals surface area (Å²) in [4.78, 5) is 34.2. The van der Waals surface area contributed by atoms with Crippen LogP contribution in [-0.2, 0) is 16.1 Å². The molecule has 0 radical (unpaired) electrons. The Hall–Kier alpha value is -1.99. The van der Waals surface area contributed by atoms with Crippen molar-refractivity contribution in [3.05, 3.63) is 29.6 Å². The van der Waals surface area contributed by atoms with Crippen molar-refractivity contribution < 1.29 is 14.7 Å². The summed E-state index contributed by atoms with van der Waals surface area (Å²) < 4.78 is 0. The Morgan fingerprint density at radius 3 is 2.81 bits per heavy atom. The van der Waals surface area contributed by atoms with Crippen molar-refractivity contribution >= 4 is 11.9 Å². The summed E-state index contributed by atoms with van der Waals surface area (Å²) in [6, 6.07) is 6.10. The minimum absolute atomic E-state index is 0.0462. The molecule has 0 bridgehead atoms. The summed E-state index contributed by atoms with van der Waals surface area (Å²) >= 11 is 0. The number of likely N-dealkylation sites (tertiary alicyclic amines) is 1. The first-order valence-corrected chi connectivity index (χ1v) is 9.24. The number of carboxylic acid groups (broad SMARTS) is 1. The van der Waals surface area contributed by atoms with Crippen LogP contribution in [0.4, 0.5) is 0 Å². The quantitative estimate of drug-likeness (QED) is 0.862. The van der Waals surface area contributed by atoms with Gasteiger partial charge in [0.2, 0.25) is 5.91 Å². The van der Waals surface area contributed by atoms with E-state index in [0.29, 0.717) is 13.0 Å². The first kappa shape index (κ1) is 18.8. The van der Waals surface area contributed by atoms with Gasteiger partial charge in [-0.2, -0.15) is 0 Å². The second-order valence-electron chi connectivity index (χ2n) is 7.59. The monoisotopic (exact) mass is 360 g/mol. The number of carboxylic acids is 1. The molecule has 0 aliphatic carbocycles. The highest BCUT2D eigenvalue weighted by Gasteiger charge is 2.42. The van der Waals surface area contributed by atoms with Gasteiger partial charge in [-0.15, -0.1) is 0 Å². The largest absolute Gasteiger partial charge is 0.480 e. The van der Waals surface area contributed by atoms with Crippen LogP contribution in [0.15, 0.2) is 18.2 Å². The molecule has 26 heavy (non-hydrogen) atoms. The number of rotatable bonds is 4. The number of hydrogen-bond donors (Lipinski definition) is 1. The molecule has 0 unspecified atom stereocenters. The predicted molar refractivity (Wildman–Crippen MR) is 97.7 cm³/mol. The van der Waals surface area contributed by atoms with Gasteiger partial charge in [0, 0.05) is 50.4 Å². The molecule has 7 nitrogen and oxygen atoms in total. The lowest BCUT2D eigenvalue weighted by Gasteiger charge is -2.49. The number of aryl methyl sites for hydroxylation is 1. The molecule has 2 saturated heterocycles. The third-order valence-corrected chi connectivity index (χ3v) is 5.74. The van der Waals surface area contributed by atoms with Crippen LogP contribution >= 0.6 is 0 Å². The van der Waals surface area contributed by atoms with E-state index in [4.69, 9.17) is 5.11 Å². The average Bonchev–Trinajstić information content (AvgIpc) is 2.73. The van der Waals surface area contributed by atoms with Crippen LogP contribution in [0.5, 0.6) is 0 Å². The molecule has 3 heterocycles. The zero-order valence-electron chi connectivity index (χ0n) is 15.6. The third kappa shape index (κ3) is 4.22. The number of pyridine rings is 1. The zero-order chi connectivity index (χ0) is 18.7. The summed E-state index contributed by atoms with van der Waals surface area (Å²) in [5.41, 5.74) is 2.02. The molecule has 1 aromatic rings. The molecule has 2 fully saturated rings. The predicted octanol–water partition coefficient (Wildman–Crippen LogP) is 0.973. The second kappa shape index (κ2) is 7.72. The van der Waals surface area contributed by atoms with Crippen LogP contribution < -0.4 is 0 Å². The van der Waals surface area contributed by atoms with Gasteiger partial charge >= 0.3 is 5.97 Å². The number of amides is 1. The SMILES string of the molecule is Cc1cccc(CN2CCN(C)[C@@]3(CCC(=O)N(CC(=O)O)CC3)C2)n1. The molecule has 2 aliphatic heterocycles. The Labute approximate surface area is 154 Å². The van der Waals surface area contributed by atoms with E-state index in [1.807, 2.05) is 19.1 Å². The van der Waals surface area contributed by atoms with Gasteiger partial charge in [-0.05, 0) is 38.9 Å². The molecular formula is C19H28N4O3. The Bertz CT molecular complexity index is 681. The first-order chi connectivity index (χ1) is 12.4. The highest BCUT2D eigenvalue weighted by Crippen LogP contribution is 2.32. The van der Waals surface area contributed by atoms with E-state index in [-0.39, 0.29) is 18.0 Å². The topological polar surface area (TPSA) is 77.0 Å². The summed E-state index contributed by atoms with van der Waals surface area (Å²) in [7, 11) is 2.12. The van der Waals surface area contributed by atoms with E-state index in [1.165, 1.54) is 4.90 Å². The lowest BCUT2D eigenvalue weighted by atomic mass is 9.86. The fourth-order valence-corrected chi connectivity index (χ4v) is 4.16. The van der Waals surface area contributed by atoms with E-state index < -0.39 is 5.97 Å². The highest BCUT2D eigenvalue weighted by atomic mass is 16.4. The third-order valence-electron chi connectivity index (χ3n) is 5.74. The molecule has 0 aromatic carbocycles. The Balaban J connectivity index is 1.71. The van der Waals surface area contributed by atoms with Crippen molar-refractivity contribution in [1.29, 1.82) is 0 Å². The summed E-state index contributed by atoms with van der Waals surface area (Å²) in [6.45, 7) is 5.92. The molecule has 0 saturated carbocycles.